The Morgan fingerprint density at radius 1 is 0.625 bits per heavy atom. The first-order valence-electron chi connectivity index (χ1n) is 8.34. The van der Waals surface area contributed by atoms with Gasteiger partial charge in [0.15, 0.2) is 0 Å². The summed E-state index contributed by atoms with van der Waals surface area (Å²) in [4.78, 5) is 0. The van der Waals surface area contributed by atoms with Gasteiger partial charge >= 0.3 is 0 Å². The summed E-state index contributed by atoms with van der Waals surface area (Å²) in [6.07, 6.45) is 7.01. The molecule has 1 aliphatic carbocycles. The van der Waals surface area contributed by atoms with Gasteiger partial charge in [-0.05, 0) is 12.8 Å². The third-order valence-electron chi connectivity index (χ3n) is 3.66. The molecule has 1 rings (SSSR count). The molecule has 24 heavy (non-hydrogen) atoms. The zero-order valence-corrected chi connectivity index (χ0v) is 14.4. The van der Waals surface area contributed by atoms with Crippen LogP contribution in [-0.4, -0.2) is 58.0 Å². The van der Waals surface area contributed by atoms with Gasteiger partial charge in [0.25, 0.3) is 0 Å². The molecule has 3 atom stereocenters. The van der Waals surface area contributed by atoms with Crippen molar-refractivity contribution in [3.05, 3.63) is 38.5 Å². The summed E-state index contributed by atoms with van der Waals surface area (Å²) < 4.78 is 32.9. The topological polar surface area (TPSA) is 55.4 Å². The summed E-state index contributed by atoms with van der Waals surface area (Å²) in [5.41, 5.74) is 0. The normalized spacial score (nSPS) is 23.2. The van der Waals surface area contributed by atoms with Crippen LogP contribution in [0.25, 0.3) is 0 Å². The first-order valence-corrected chi connectivity index (χ1v) is 8.34. The number of hydrogen-bond acceptors (Lipinski definition) is 6. The van der Waals surface area contributed by atoms with E-state index in [1.54, 1.807) is 0 Å². The minimum atomic E-state index is -0.0266. The van der Waals surface area contributed by atoms with Crippen LogP contribution in [0.2, 0.25) is 0 Å². The van der Waals surface area contributed by atoms with Crippen molar-refractivity contribution in [3.8, 4) is 0 Å². The van der Waals surface area contributed by atoms with Gasteiger partial charge in [0, 0.05) is 6.42 Å². The molecule has 0 amide bonds. The number of ether oxygens (including phenoxy) is 6. The Morgan fingerprint density at radius 3 is 1.67 bits per heavy atom. The smallest absolute Gasteiger partial charge is 0.111 e. The van der Waals surface area contributed by atoms with Crippen molar-refractivity contribution in [3.63, 3.8) is 0 Å². The third kappa shape index (κ3) is 8.96. The van der Waals surface area contributed by atoms with Gasteiger partial charge in [-0.25, -0.2) is 0 Å². The van der Waals surface area contributed by atoms with Gasteiger partial charge in [-0.3, -0.25) is 0 Å². The molecule has 3 unspecified atom stereocenters. The summed E-state index contributed by atoms with van der Waals surface area (Å²) in [7, 11) is 0. The lowest BCUT2D eigenvalue weighted by molar-refractivity contribution is -0.134. The predicted octanol–water partition coefficient (Wildman–Crippen LogP) is 2.81. The average Bonchev–Trinajstić information content (AvgIpc) is 2.60. The van der Waals surface area contributed by atoms with Crippen molar-refractivity contribution in [1.82, 2.24) is 0 Å². The second-order valence-electron chi connectivity index (χ2n) is 5.24. The summed E-state index contributed by atoms with van der Waals surface area (Å²) in [5, 5.41) is 0. The Labute approximate surface area is 145 Å². The monoisotopic (exact) mass is 342 g/mol. The van der Waals surface area contributed by atoms with Crippen molar-refractivity contribution >= 4 is 0 Å². The molecule has 1 saturated carbocycles. The maximum absolute atomic E-state index is 5.93. The lowest BCUT2D eigenvalue weighted by Crippen LogP contribution is -2.42. The van der Waals surface area contributed by atoms with Gasteiger partial charge in [0.2, 0.25) is 0 Å². The summed E-state index contributed by atoms with van der Waals surface area (Å²) in [5.74, 6) is 0. The highest BCUT2D eigenvalue weighted by Crippen LogP contribution is 2.26. The third-order valence-corrected chi connectivity index (χ3v) is 3.66. The lowest BCUT2D eigenvalue weighted by atomic mass is 9.92. The van der Waals surface area contributed by atoms with Crippen molar-refractivity contribution in [1.29, 1.82) is 0 Å². The molecule has 1 fully saturated rings. The molecule has 0 heterocycles. The van der Waals surface area contributed by atoms with Gasteiger partial charge in [0.1, 0.15) is 19.8 Å². The molecule has 0 saturated heterocycles. The Balaban J connectivity index is 2.37. The molecule has 0 N–H and O–H groups in total. The van der Waals surface area contributed by atoms with Crippen LogP contribution in [0, 0.1) is 0 Å². The molecule has 6 heteroatoms. The van der Waals surface area contributed by atoms with E-state index >= 15 is 0 Å². The van der Waals surface area contributed by atoms with E-state index in [-0.39, 0.29) is 18.3 Å². The fourth-order valence-electron chi connectivity index (χ4n) is 2.59. The molecule has 0 aromatic heterocycles. The van der Waals surface area contributed by atoms with Gasteiger partial charge in [0.05, 0.1) is 56.9 Å². The second kappa shape index (κ2) is 13.9. The van der Waals surface area contributed by atoms with E-state index in [0.29, 0.717) is 39.6 Å². The van der Waals surface area contributed by atoms with Gasteiger partial charge in [-0.15, -0.1) is 0 Å². The van der Waals surface area contributed by atoms with Gasteiger partial charge in [-0.2, -0.15) is 0 Å². The highest BCUT2D eigenvalue weighted by atomic mass is 16.6. The van der Waals surface area contributed by atoms with E-state index in [1.807, 2.05) is 0 Å². The average molecular weight is 342 g/mol. The maximum Gasteiger partial charge on any atom is 0.111 e. The maximum atomic E-state index is 5.93. The van der Waals surface area contributed by atoms with E-state index < -0.39 is 0 Å². The van der Waals surface area contributed by atoms with Crippen molar-refractivity contribution in [2.24, 2.45) is 0 Å². The van der Waals surface area contributed by atoms with Crippen LogP contribution < -0.4 is 0 Å². The Hall–Kier alpha value is -1.50. The van der Waals surface area contributed by atoms with Crippen molar-refractivity contribution in [2.75, 3.05) is 39.6 Å². The van der Waals surface area contributed by atoms with Crippen LogP contribution >= 0.6 is 0 Å². The molecule has 6 nitrogen and oxygen atoms in total. The Morgan fingerprint density at radius 2 is 1.12 bits per heavy atom. The molecule has 0 aromatic carbocycles. The highest BCUT2D eigenvalue weighted by molar-refractivity contribution is 4.83. The molecule has 138 valence electrons. The van der Waals surface area contributed by atoms with Gasteiger partial charge < -0.3 is 28.4 Å². The molecular weight excluding hydrogens is 312 g/mol. The standard InChI is InChI=1S/C18H30O6/c1-4-19-9-12-22-16-7-8-17(23-13-10-20-5-2)18(15-16)24-14-11-21-6-3/h4-6,16-18H,1-3,7-15H2. The summed E-state index contributed by atoms with van der Waals surface area (Å²) >= 11 is 0. The van der Waals surface area contributed by atoms with Crippen LogP contribution in [0.15, 0.2) is 38.5 Å². The molecule has 0 spiro atoms. The number of rotatable bonds is 15. The van der Waals surface area contributed by atoms with Gasteiger partial charge in [-0.1, -0.05) is 19.7 Å². The zero-order chi connectivity index (χ0) is 17.5. The SMILES string of the molecule is C=COCCOC1CCC(OCCOC=C)C(OCCOC=C)C1. The Kier molecular flexibility index (Phi) is 11.9. The quantitative estimate of drug-likeness (QED) is 0.337. The minimum Gasteiger partial charge on any atom is -0.499 e. The fraction of sp³-hybridized carbons (Fsp3) is 0.667. The minimum absolute atomic E-state index is 0.0266. The largest absolute Gasteiger partial charge is 0.499 e. The van der Waals surface area contributed by atoms with E-state index in [0.717, 1.165) is 19.3 Å². The van der Waals surface area contributed by atoms with Crippen LogP contribution in [0.3, 0.4) is 0 Å². The predicted molar refractivity (Wildman–Crippen MR) is 91.5 cm³/mol. The first-order chi connectivity index (χ1) is 11.8. The van der Waals surface area contributed by atoms with E-state index in [2.05, 4.69) is 19.7 Å². The van der Waals surface area contributed by atoms with E-state index in [1.165, 1.54) is 18.8 Å². The molecule has 1 aliphatic rings. The first kappa shape index (κ1) is 20.5. The van der Waals surface area contributed by atoms with Crippen LogP contribution in [0.1, 0.15) is 19.3 Å². The lowest BCUT2D eigenvalue weighted by Gasteiger charge is -2.35. The van der Waals surface area contributed by atoms with E-state index in [9.17, 15) is 0 Å². The van der Waals surface area contributed by atoms with Crippen molar-refractivity contribution < 1.29 is 28.4 Å². The number of hydrogen-bond donors (Lipinski definition) is 0. The molecular formula is C18H30O6. The molecule has 0 aromatic rings. The molecule has 0 aliphatic heterocycles. The van der Waals surface area contributed by atoms with E-state index in [4.69, 9.17) is 28.4 Å². The summed E-state index contributed by atoms with van der Waals surface area (Å²) in [6.45, 7) is 13.6. The van der Waals surface area contributed by atoms with Crippen molar-refractivity contribution in [2.45, 2.75) is 37.6 Å². The fourth-order valence-corrected chi connectivity index (χ4v) is 2.59. The molecule has 0 radical (unpaired) electrons. The molecule has 0 bridgehead atoms. The summed E-state index contributed by atoms with van der Waals surface area (Å²) in [6, 6.07) is 0. The zero-order valence-electron chi connectivity index (χ0n) is 14.4. The Bertz CT molecular complexity index is 346. The second-order valence-corrected chi connectivity index (χ2v) is 5.24. The van der Waals surface area contributed by atoms with Crippen LogP contribution in [0.4, 0.5) is 0 Å². The van der Waals surface area contributed by atoms with Crippen LogP contribution in [0.5, 0.6) is 0 Å². The highest BCUT2D eigenvalue weighted by Gasteiger charge is 2.32. The van der Waals surface area contributed by atoms with Crippen LogP contribution in [-0.2, 0) is 28.4 Å².